The average Bonchev–Trinajstić information content (AvgIpc) is 3.56. The van der Waals surface area contributed by atoms with Crippen molar-refractivity contribution in [2.24, 2.45) is 4.99 Å². The summed E-state index contributed by atoms with van der Waals surface area (Å²) in [6.45, 7) is 4.05. The van der Waals surface area contributed by atoms with Gasteiger partial charge in [-0.15, -0.1) is 11.3 Å². The number of hydrogen-bond acceptors (Lipinski definition) is 8. The third-order valence-corrected chi connectivity index (χ3v) is 8.43. The minimum atomic E-state index is -0.599. The van der Waals surface area contributed by atoms with Crippen LogP contribution in [0.25, 0.3) is 6.08 Å². The summed E-state index contributed by atoms with van der Waals surface area (Å²) < 4.78 is 18.9. The van der Waals surface area contributed by atoms with E-state index in [9.17, 15) is 9.59 Å². The molecular weight excluding hydrogens is 556 g/mol. The number of thiazole rings is 1. The van der Waals surface area contributed by atoms with Gasteiger partial charge in [-0.3, -0.25) is 9.36 Å². The van der Waals surface area contributed by atoms with E-state index in [1.54, 1.807) is 37.7 Å². The normalized spacial score (nSPS) is 15.1. The van der Waals surface area contributed by atoms with Gasteiger partial charge in [0.1, 0.15) is 12.6 Å². The molecule has 0 saturated carbocycles. The predicted octanol–water partition coefficient (Wildman–Crippen LogP) is 5.10. The van der Waals surface area contributed by atoms with Crippen LogP contribution in [0, 0.1) is 0 Å². The lowest BCUT2D eigenvalue weighted by Gasteiger charge is -2.23. The average molecular weight is 581 g/mol. The molecule has 0 spiro atoms. The SMILES string of the molecule is CCOC(=O)C1=C(C)N=c2s/c(=C\c3ccc(OCc4ccccc4Cl)c(OC)c3)c(=O)n2[C@H]1c1cccs1. The van der Waals surface area contributed by atoms with Crippen LogP contribution >= 0.6 is 34.3 Å². The van der Waals surface area contributed by atoms with Crippen molar-refractivity contribution < 1.29 is 19.0 Å². The quantitative estimate of drug-likeness (QED) is 0.271. The number of esters is 1. The van der Waals surface area contributed by atoms with Crippen LogP contribution in [0.4, 0.5) is 0 Å². The Balaban J connectivity index is 1.52. The Kier molecular flexibility index (Phi) is 8.02. The second-order valence-electron chi connectivity index (χ2n) is 8.61. The summed E-state index contributed by atoms with van der Waals surface area (Å²) in [6, 6.07) is 16.2. The molecule has 2 aromatic carbocycles. The molecule has 200 valence electrons. The van der Waals surface area contributed by atoms with E-state index in [-0.39, 0.29) is 12.2 Å². The molecule has 1 aliphatic heterocycles. The molecule has 1 atom stereocenters. The number of aromatic nitrogens is 1. The Hall–Kier alpha value is -3.66. The van der Waals surface area contributed by atoms with E-state index < -0.39 is 12.0 Å². The molecule has 2 aromatic heterocycles. The molecule has 0 aliphatic carbocycles. The lowest BCUT2D eigenvalue weighted by atomic mass is 10.0. The molecule has 0 amide bonds. The van der Waals surface area contributed by atoms with Gasteiger partial charge in [-0.05, 0) is 55.1 Å². The minimum Gasteiger partial charge on any atom is -0.493 e. The first-order chi connectivity index (χ1) is 18.9. The molecule has 39 heavy (non-hydrogen) atoms. The van der Waals surface area contributed by atoms with E-state index in [0.29, 0.717) is 43.7 Å². The number of carbonyl (C=O) groups is 1. The van der Waals surface area contributed by atoms with Gasteiger partial charge in [-0.2, -0.15) is 0 Å². The third kappa shape index (κ3) is 5.43. The lowest BCUT2D eigenvalue weighted by Crippen LogP contribution is -2.39. The summed E-state index contributed by atoms with van der Waals surface area (Å²) in [6.07, 6.45) is 1.79. The first kappa shape index (κ1) is 26.9. The fourth-order valence-corrected chi connectivity index (χ4v) is 6.38. The maximum atomic E-state index is 13.7. The third-order valence-electron chi connectivity index (χ3n) is 6.16. The van der Waals surface area contributed by atoms with Crippen LogP contribution in [-0.2, 0) is 16.1 Å². The molecule has 10 heteroatoms. The van der Waals surface area contributed by atoms with Crippen LogP contribution in [-0.4, -0.2) is 24.3 Å². The van der Waals surface area contributed by atoms with Gasteiger partial charge in [-0.1, -0.05) is 53.3 Å². The molecule has 0 unspecified atom stereocenters. The van der Waals surface area contributed by atoms with E-state index in [4.69, 9.17) is 25.8 Å². The highest BCUT2D eigenvalue weighted by Gasteiger charge is 2.33. The standard InChI is InChI=1S/C29H25ClN2O5S2/c1-4-36-28(34)25-17(2)31-29-32(26(25)23-10-7-13-38-23)27(33)24(39-29)15-18-11-12-21(22(14-18)35-3)37-16-19-8-5-6-9-20(19)30/h5-15,26H,4,16H2,1-3H3/b24-15-/t26-/m0/s1. The molecule has 0 radical (unpaired) electrons. The number of benzene rings is 2. The molecule has 7 nitrogen and oxygen atoms in total. The highest BCUT2D eigenvalue weighted by molar-refractivity contribution is 7.10. The van der Waals surface area contributed by atoms with E-state index >= 15 is 0 Å². The Morgan fingerprint density at radius 3 is 2.69 bits per heavy atom. The van der Waals surface area contributed by atoms with Gasteiger partial charge < -0.3 is 14.2 Å². The van der Waals surface area contributed by atoms with Gasteiger partial charge in [0.2, 0.25) is 0 Å². The highest BCUT2D eigenvalue weighted by Crippen LogP contribution is 2.33. The maximum Gasteiger partial charge on any atom is 0.338 e. The van der Waals surface area contributed by atoms with Gasteiger partial charge in [0.15, 0.2) is 16.3 Å². The molecular formula is C29H25ClN2O5S2. The number of ether oxygens (including phenoxy) is 3. The largest absolute Gasteiger partial charge is 0.493 e. The van der Waals surface area contributed by atoms with Crippen LogP contribution in [0.15, 0.2) is 81.0 Å². The van der Waals surface area contributed by atoms with Gasteiger partial charge in [0.05, 0.1) is 29.5 Å². The van der Waals surface area contributed by atoms with Crippen LogP contribution in [0.5, 0.6) is 11.5 Å². The summed E-state index contributed by atoms with van der Waals surface area (Å²) >= 11 is 9.00. The van der Waals surface area contributed by atoms with Crippen LogP contribution in [0.2, 0.25) is 5.02 Å². The predicted molar refractivity (Wildman–Crippen MR) is 153 cm³/mol. The molecule has 4 aromatic rings. The number of halogens is 1. The van der Waals surface area contributed by atoms with E-state index in [0.717, 1.165) is 16.0 Å². The Labute approximate surface area is 237 Å². The van der Waals surface area contributed by atoms with Gasteiger partial charge in [-0.25, -0.2) is 9.79 Å². The van der Waals surface area contributed by atoms with E-state index in [2.05, 4.69) is 4.99 Å². The van der Waals surface area contributed by atoms with Crippen molar-refractivity contribution >= 4 is 46.3 Å². The minimum absolute atomic E-state index is 0.232. The Bertz CT molecular complexity index is 1740. The highest BCUT2D eigenvalue weighted by atomic mass is 35.5. The molecule has 1 aliphatic rings. The monoisotopic (exact) mass is 580 g/mol. The summed E-state index contributed by atoms with van der Waals surface area (Å²) in [7, 11) is 1.57. The number of hydrogen-bond donors (Lipinski definition) is 0. The van der Waals surface area contributed by atoms with Crippen molar-refractivity contribution in [2.45, 2.75) is 26.5 Å². The number of methoxy groups -OCH3 is 1. The fourth-order valence-electron chi connectivity index (χ4n) is 4.32. The molecule has 0 bridgehead atoms. The smallest absolute Gasteiger partial charge is 0.338 e. The second-order valence-corrected chi connectivity index (χ2v) is 11.0. The zero-order valence-electron chi connectivity index (χ0n) is 21.5. The van der Waals surface area contributed by atoms with Crippen LogP contribution in [0.1, 0.15) is 35.9 Å². The van der Waals surface area contributed by atoms with Crippen molar-refractivity contribution in [3.8, 4) is 11.5 Å². The van der Waals surface area contributed by atoms with Crippen LogP contribution in [0.3, 0.4) is 0 Å². The second kappa shape index (κ2) is 11.6. The topological polar surface area (TPSA) is 79.1 Å². The van der Waals surface area contributed by atoms with Crippen molar-refractivity contribution in [3.05, 3.63) is 112 Å². The van der Waals surface area contributed by atoms with Gasteiger partial charge >= 0.3 is 5.97 Å². The first-order valence-electron chi connectivity index (χ1n) is 12.2. The number of allylic oxidation sites excluding steroid dienone is 1. The van der Waals surface area contributed by atoms with Gasteiger partial charge in [0, 0.05) is 15.5 Å². The zero-order chi connectivity index (χ0) is 27.5. The summed E-state index contributed by atoms with van der Waals surface area (Å²) in [5.41, 5.74) is 2.31. The van der Waals surface area contributed by atoms with Crippen LogP contribution < -0.4 is 24.4 Å². The van der Waals surface area contributed by atoms with E-state index in [1.807, 2.05) is 53.9 Å². The van der Waals surface area contributed by atoms with Crippen molar-refractivity contribution in [2.75, 3.05) is 13.7 Å². The maximum absolute atomic E-state index is 13.7. The lowest BCUT2D eigenvalue weighted by molar-refractivity contribution is -0.139. The van der Waals surface area contributed by atoms with E-state index in [1.165, 1.54) is 22.7 Å². The van der Waals surface area contributed by atoms with Crippen molar-refractivity contribution in [1.82, 2.24) is 4.57 Å². The van der Waals surface area contributed by atoms with Crippen molar-refractivity contribution in [1.29, 1.82) is 0 Å². The number of nitrogens with zero attached hydrogens (tertiary/aromatic N) is 2. The molecule has 3 heterocycles. The number of rotatable bonds is 8. The molecule has 5 rings (SSSR count). The molecule has 0 saturated heterocycles. The summed E-state index contributed by atoms with van der Waals surface area (Å²) in [5, 5.41) is 2.55. The summed E-state index contributed by atoms with van der Waals surface area (Å²) in [4.78, 5) is 32.6. The Morgan fingerprint density at radius 2 is 1.97 bits per heavy atom. The number of thiophene rings is 1. The Morgan fingerprint density at radius 1 is 1.15 bits per heavy atom. The zero-order valence-corrected chi connectivity index (χ0v) is 23.9. The number of fused-ring (bicyclic) bond motifs is 1. The van der Waals surface area contributed by atoms with Crippen molar-refractivity contribution in [3.63, 3.8) is 0 Å². The fraction of sp³-hybridized carbons (Fsp3) is 0.207. The van der Waals surface area contributed by atoms with Gasteiger partial charge in [0.25, 0.3) is 5.56 Å². The number of carbonyl (C=O) groups excluding carboxylic acids is 1. The first-order valence-corrected chi connectivity index (χ1v) is 14.3. The molecule has 0 fully saturated rings. The summed E-state index contributed by atoms with van der Waals surface area (Å²) in [5.74, 6) is 0.618. The molecule has 0 N–H and O–H groups in total.